The number of ether oxygens (including phenoxy) is 2. The summed E-state index contributed by atoms with van der Waals surface area (Å²) in [5, 5.41) is 11.2. The van der Waals surface area contributed by atoms with Gasteiger partial charge >= 0.3 is 0 Å². The number of nitro benzene ring substituents is 1. The lowest BCUT2D eigenvalue weighted by Crippen LogP contribution is -2.27. The van der Waals surface area contributed by atoms with E-state index in [2.05, 4.69) is 0 Å². The molecule has 1 aromatic carbocycles. The molecule has 1 heterocycles. The van der Waals surface area contributed by atoms with Crippen LogP contribution in [0.5, 0.6) is 0 Å². The second kappa shape index (κ2) is 7.82. The molecule has 8 nitrogen and oxygen atoms in total. The maximum atomic E-state index is 11.2. The first-order valence-corrected chi connectivity index (χ1v) is 9.03. The number of benzene rings is 1. The summed E-state index contributed by atoms with van der Waals surface area (Å²) < 4.78 is 38.5. The first kappa shape index (κ1) is 17.8. The van der Waals surface area contributed by atoms with Crippen LogP contribution in [0, 0.1) is 10.1 Å². The lowest BCUT2D eigenvalue weighted by molar-refractivity contribution is -0.386. The van der Waals surface area contributed by atoms with E-state index in [0.29, 0.717) is 13.0 Å². The Morgan fingerprint density at radius 3 is 2.74 bits per heavy atom. The van der Waals surface area contributed by atoms with Crippen molar-refractivity contribution >= 4 is 15.8 Å². The van der Waals surface area contributed by atoms with E-state index in [9.17, 15) is 18.5 Å². The largest absolute Gasteiger partial charge is 0.353 e. The van der Waals surface area contributed by atoms with Gasteiger partial charge in [0.15, 0.2) is 6.29 Å². The fourth-order valence-corrected chi connectivity index (χ4v) is 2.69. The van der Waals surface area contributed by atoms with Crippen molar-refractivity contribution < 1.29 is 27.0 Å². The van der Waals surface area contributed by atoms with Crippen LogP contribution >= 0.6 is 0 Å². The van der Waals surface area contributed by atoms with E-state index >= 15 is 0 Å². The molecule has 0 amide bonds. The minimum Gasteiger partial charge on any atom is -0.353 e. The van der Waals surface area contributed by atoms with E-state index < -0.39 is 27.4 Å². The summed E-state index contributed by atoms with van der Waals surface area (Å²) >= 11 is 0. The maximum absolute atomic E-state index is 11.2. The van der Waals surface area contributed by atoms with Crippen LogP contribution in [-0.4, -0.2) is 39.1 Å². The van der Waals surface area contributed by atoms with E-state index in [1.807, 2.05) is 0 Å². The fourth-order valence-electron chi connectivity index (χ4n) is 2.32. The van der Waals surface area contributed by atoms with Gasteiger partial charge in [-0.05, 0) is 25.3 Å². The van der Waals surface area contributed by atoms with Gasteiger partial charge in [0.2, 0.25) is 0 Å². The Kier molecular flexibility index (Phi) is 6.05. The van der Waals surface area contributed by atoms with Gasteiger partial charge in [0.25, 0.3) is 15.8 Å². The second-order valence-corrected chi connectivity index (χ2v) is 6.87. The smallest absolute Gasteiger partial charge is 0.275 e. The van der Waals surface area contributed by atoms with Gasteiger partial charge in [-0.2, -0.15) is 8.42 Å². The number of para-hydroxylation sites is 1. The molecular formula is C14H19NO7S. The van der Waals surface area contributed by atoms with Crippen molar-refractivity contribution in [3.63, 3.8) is 0 Å². The van der Waals surface area contributed by atoms with Crippen molar-refractivity contribution in [1.82, 2.24) is 0 Å². The van der Waals surface area contributed by atoms with Crippen LogP contribution in [0.15, 0.2) is 24.3 Å². The molecule has 2 atom stereocenters. The number of rotatable bonds is 7. The Morgan fingerprint density at radius 1 is 1.39 bits per heavy atom. The van der Waals surface area contributed by atoms with Crippen LogP contribution in [0.25, 0.3) is 0 Å². The van der Waals surface area contributed by atoms with Gasteiger partial charge in [0.05, 0.1) is 23.3 Å². The molecule has 128 valence electrons. The quantitative estimate of drug-likeness (QED) is 0.423. The Balaban J connectivity index is 2.23. The molecule has 0 N–H and O–H groups in total. The average Bonchev–Trinajstić information content (AvgIpc) is 2.51. The van der Waals surface area contributed by atoms with Gasteiger partial charge in [-0.3, -0.25) is 14.3 Å². The molecule has 1 aliphatic heterocycles. The van der Waals surface area contributed by atoms with Gasteiger partial charge in [-0.25, -0.2) is 0 Å². The van der Waals surface area contributed by atoms with Gasteiger partial charge in [-0.15, -0.1) is 0 Å². The number of hydrogen-bond donors (Lipinski definition) is 0. The Hall–Kier alpha value is -1.55. The Morgan fingerprint density at radius 2 is 2.13 bits per heavy atom. The lowest BCUT2D eigenvalue weighted by Gasteiger charge is -2.27. The molecule has 0 bridgehead atoms. The van der Waals surface area contributed by atoms with Crippen LogP contribution in [0.1, 0.15) is 30.9 Å². The van der Waals surface area contributed by atoms with Gasteiger partial charge in [0.1, 0.15) is 6.10 Å². The van der Waals surface area contributed by atoms with E-state index in [1.165, 1.54) is 18.2 Å². The lowest BCUT2D eigenvalue weighted by atomic mass is 10.1. The summed E-state index contributed by atoms with van der Waals surface area (Å²) in [5.41, 5.74) is 0.112. The number of nitro groups is 1. The van der Waals surface area contributed by atoms with Crippen molar-refractivity contribution in [2.24, 2.45) is 0 Å². The highest BCUT2D eigenvalue weighted by Gasteiger charge is 2.28. The Labute approximate surface area is 134 Å². The van der Waals surface area contributed by atoms with Crippen molar-refractivity contribution in [3.8, 4) is 0 Å². The summed E-state index contributed by atoms with van der Waals surface area (Å²) in [6.45, 7) is 0.199. The topological polar surface area (TPSA) is 105 Å². The van der Waals surface area contributed by atoms with Crippen molar-refractivity contribution in [3.05, 3.63) is 39.9 Å². The molecule has 0 saturated carbocycles. The second-order valence-electron chi connectivity index (χ2n) is 5.23. The minimum atomic E-state index is -3.69. The third kappa shape index (κ3) is 5.54. The summed E-state index contributed by atoms with van der Waals surface area (Å²) in [6, 6.07) is 6.03. The monoisotopic (exact) mass is 345 g/mol. The molecule has 1 fully saturated rings. The highest BCUT2D eigenvalue weighted by molar-refractivity contribution is 7.85. The molecule has 1 saturated heterocycles. The van der Waals surface area contributed by atoms with Crippen LogP contribution in [0.4, 0.5) is 5.69 Å². The molecule has 23 heavy (non-hydrogen) atoms. The normalized spacial score (nSPS) is 20.1. The maximum Gasteiger partial charge on any atom is 0.275 e. The molecule has 9 heteroatoms. The highest BCUT2D eigenvalue weighted by atomic mass is 32.2. The fraction of sp³-hybridized carbons (Fsp3) is 0.571. The molecule has 2 rings (SSSR count). The molecule has 2 unspecified atom stereocenters. The number of nitrogens with zero attached hydrogens (tertiary/aromatic N) is 1. The van der Waals surface area contributed by atoms with E-state index in [4.69, 9.17) is 13.7 Å². The van der Waals surface area contributed by atoms with Crippen molar-refractivity contribution in [2.45, 2.75) is 31.7 Å². The molecule has 0 aliphatic carbocycles. The van der Waals surface area contributed by atoms with Gasteiger partial charge < -0.3 is 9.47 Å². The standard InChI is InChI=1S/C14H19NO7S/c1-23(18,19)21-10-13(22-14-8-4-5-9-20-14)11-6-2-3-7-12(11)15(16)17/h2-3,6-7,13-14H,4-5,8-10H2,1H3. The van der Waals surface area contributed by atoms with Gasteiger partial charge in [0, 0.05) is 12.7 Å². The molecular weight excluding hydrogens is 326 g/mol. The average molecular weight is 345 g/mol. The molecule has 0 spiro atoms. The highest BCUT2D eigenvalue weighted by Crippen LogP contribution is 2.30. The van der Waals surface area contributed by atoms with Crippen LogP contribution in [-0.2, 0) is 23.8 Å². The summed E-state index contributed by atoms with van der Waals surface area (Å²) in [4.78, 5) is 10.6. The minimum absolute atomic E-state index is 0.148. The summed E-state index contributed by atoms with van der Waals surface area (Å²) in [6.07, 6.45) is 1.97. The molecule has 1 aliphatic rings. The zero-order chi connectivity index (χ0) is 16.9. The van der Waals surface area contributed by atoms with E-state index in [0.717, 1.165) is 19.1 Å². The van der Waals surface area contributed by atoms with Crippen LogP contribution in [0.3, 0.4) is 0 Å². The summed E-state index contributed by atoms with van der Waals surface area (Å²) in [5.74, 6) is 0. The van der Waals surface area contributed by atoms with Gasteiger partial charge in [-0.1, -0.05) is 12.1 Å². The molecule has 0 aromatic heterocycles. The Bertz CT molecular complexity index is 640. The van der Waals surface area contributed by atoms with Crippen molar-refractivity contribution in [1.29, 1.82) is 0 Å². The molecule has 0 radical (unpaired) electrons. The summed E-state index contributed by atoms with van der Waals surface area (Å²) in [7, 11) is -3.69. The predicted octanol–water partition coefficient (Wildman–Crippen LogP) is 2.16. The van der Waals surface area contributed by atoms with E-state index in [1.54, 1.807) is 6.07 Å². The number of hydrogen-bond acceptors (Lipinski definition) is 7. The van der Waals surface area contributed by atoms with Crippen molar-refractivity contribution in [2.75, 3.05) is 19.5 Å². The first-order valence-electron chi connectivity index (χ1n) is 7.21. The van der Waals surface area contributed by atoms with Crippen LogP contribution in [0.2, 0.25) is 0 Å². The third-order valence-electron chi connectivity index (χ3n) is 3.37. The van der Waals surface area contributed by atoms with Crippen LogP contribution < -0.4 is 0 Å². The molecule has 1 aromatic rings. The van der Waals surface area contributed by atoms with E-state index in [-0.39, 0.29) is 17.9 Å². The zero-order valence-electron chi connectivity index (χ0n) is 12.7. The SMILES string of the molecule is CS(=O)(=O)OCC(OC1CCCCO1)c1ccccc1[N+](=O)[O-]. The predicted molar refractivity (Wildman–Crippen MR) is 81.3 cm³/mol. The zero-order valence-corrected chi connectivity index (χ0v) is 13.5. The first-order chi connectivity index (χ1) is 10.9. The third-order valence-corrected chi connectivity index (χ3v) is 3.93.